The predicted octanol–water partition coefficient (Wildman–Crippen LogP) is 0.731. The fourth-order valence-corrected chi connectivity index (χ4v) is 3.51. The molecule has 21 heavy (non-hydrogen) atoms. The number of carbonyl (C=O) groups is 1. The molecule has 1 unspecified atom stereocenters. The van der Waals surface area contributed by atoms with Gasteiger partial charge in [-0.1, -0.05) is 0 Å². The Labute approximate surface area is 124 Å². The van der Waals surface area contributed by atoms with Crippen molar-refractivity contribution in [2.24, 2.45) is 5.92 Å². The van der Waals surface area contributed by atoms with Crippen LogP contribution in [0.4, 0.5) is 0 Å². The van der Waals surface area contributed by atoms with Gasteiger partial charge in [0.1, 0.15) is 0 Å². The normalized spacial score (nSPS) is 28.6. The van der Waals surface area contributed by atoms with Gasteiger partial charge in [-0.2, -0.15) is 5.10 Å². The van der Waals surface area contributed by atoms with Crippen molar-refractivity contribution in [3.8, 4) is 0 Å². The van der Waals surface area contributed by atoms with Crippen LogP contribution in [-0.4, -0.2) is 58.0 Å². The number of aliphatic hydroxyl groups is 1. The maximum atomic E-state index is 12.4. The molecule has 2 fully saturated rings. The average molecular weight is 293 g/mol. The Hall–Kier alpha value is -1.40. The molecule has 2 N–H and O–H groups in total. The van der Waals surface area contributed by atoms with Gasteiger partial charge in [0, 0.05) is 25.8 Å². The number of aromatic nitrogens is 2. The number of fused-ring (bicyclic) bond motifs is 1. The first kappa shape index (κ1) is 14.5. The Bertz CT molecular complexity index is 463. The summed E-state index contributed by atoms with van der Waals surface area (Å²) < 4.78 is 5.76. The second kappa shape index (κ2) is 6.58. The van der Waals surface area contributed by atoms with E-state index in [0.717, 1.165) is 31.2 Å². The van der Waals surface area contributed by atoms with Crippen molar-refractivity contribution in [2.75, 3.05) is 19.8 Å². The van der Waals surface area contributed by atoms with E-state index < -0.39 is 0 Å². The first-order valence-corrected chi connectivity index (χ1v) is 7.77. The van der Waals surface area contributed by atoms with Gasteiger partial charge in [0.15, 0.2) is 0 Å². The highest BCUT2D eigenvalue weighted by molar-refractivity contribution is 5.76. The van der Waals surface area contributed by atoms with Gasteiger partial charge in [0.05, 0.1) is 24.9 Å². The van der Waals surface area contributed by atoms with Gasteiger partial charge in [-0.25, -0.2) is 0 Å². The van der Waals surface area contributed by atoms with Crippen LogP contribution in [0.3, 0.4) is 0 Å². The molecule has 0 radical (unpaired) electrons. The number of aromatic amines is 1. The highest BCUT2D eigenvalue weighted by Crippen LogP contribution is 2.34. The van der Waals surface area contributed by atoms with Crippen LogP contribution >= 0.6 is 0 Å². The molecule has 3 rings (SSSR count). The first-order valence-electron chi connectivity index (χ1n) is 7.77. The molecule has 1 saturated carbocycles. The summed E-state index contributed by atoms with van der Waals surface area (Å²) in [6.07, 6.45) is 7.83. The monoisotopic (exact) mass is 293 g/mol. The molecule has 0 aromatic carbocycles. The number of morpholine rings is 1. The molecule has 1 aliphatic heterocycles. The lowest BCUT2D eigenvalue weighted by molar-refractivity contribution is -0.144. The van der Waals surface area contributed by atoms with E-state index in [1.54, 1.807) is 6.20 Å². The van der Waals surface area contributed by atoms with Crippen molar-refractivity contribution in [3.05, 3.63) is 18.0 Å². The molecule has 1 amide bonds. The number of carbonyl (C=O) groups excluding carboxylic acids is 1. The van der Waals surface area contributed by atoms with Crippen LogP contribution in [0.1, 0.15) is 31.2 Å². The Kier molecular flexibility index (Phi) is 4.55. The van der Waals surface area contributed by atoms with E-state index >= 15 is 0 Å². The maximum Gasteiger partial charge on any atom is 0.222 e. The van der Waals surface area contributed by atoms with Gasteiger partial charge in [0.2, 0.25) is 5.91 Å². The summed E-state index contributed by atoms with van der Waals surface area (Å²) in [7, 11) is 0. The molecule has 1 aliphatic carbocycles. The molecule has 2 aliphatic rings. The number of ether oxygens (including phenoxy) is 1. The fraction of sp³-hybridized carbons (Fsp3) is 0.733. The summed E-state index contributed by atoms with van der Waals surface area (Å²) in [5, 5.41) is 16.0. The second-order valence-corrected chi connectivity index (χ2v) is 6.04. The summed E-state index contributed by atoms with van der Waals surface area (Å²) in [5.74, 6) is 0.495. The molecule has 0 bridgehead atoms. The molecule has 1 saturated heterocycles. The smallest absolute Gasteiger partial charge is 0.222 e. The number of hydrogen-bond acceptors (Lipinski definition) is 4. The number of aryl methyl sites for hydroxylation is 1. The highest BCUT2D eigenvalue weighted by Gasteiger charge is 2.42. The minimum absolute atomic E-state index is 0.119. The summed E-state index contributed by atoms with van der Waals surface area (Å²) in [6, 6.07) is 0.164. The van der Waals surface area contributed by atoms with Crippen molar-refractivity contribution < 1.29 is 14.6 Å². The van der Waals surface area contributed by atoms with Gasteiger partial charge >= 0.3 is 0 Å². The number of aliphatic hydroxyl groups excluding tert-OH is 1. The van der Waals surface area contributed by atoms with E-state index in [1.807, 2.05) is 11.1 Å². The van der Waals surface area contributed by atoms with E-state index in [4.69, 9.17) is 4.74 Å². The van der Waals surface area contributed by atoms with Crippen LogP contribution in [-0.2, 0) is 16.0 Å². The SMILES string of the molecule is O=C(CCCc1cn[nH]c1)N1CCOC2C[C@H](CO)C[C@@H]21. The lowest BCUT2D eigenvalue weighted by Crippen LogP contribution is -2.51. The molecule has 1 aromatic heterocycles. The summed E-state index contributed by atoms with van der Waals surface area (Å²) >= 11 is 0. The summed E-state index contributed by atoms with van der Waals surface area (Å²) in [6.45, 7) is 1.50. The third-order valence-corrected chi connectivity index (χ3v) is 4.62. The number of nitrogens with one attached hydrogen (secondary N) is 1. The molecule has 1 aromatic rings. The largest absolute Gasteiger partial charge is 0.396 e. The van der Waals surface area contributed by atoms with E-state index in [0.29, 0.717) is 19.6 Å². The zero-order valence-corrected chi connectivity index (χ0v) is 12.2. The minimum Gasteiger partial charge on any atom is -0.396 e. The van der Waals surface area contributed by atoms with Crippen LogP contribution in [0.15, 0.2) is 12.4 Å². The van der Waals surface area contributed by atoms with E-state index in [1.165, 1.54) is 0 Å². The number of H-pyrrole nitrogens is 1. The molecule has 116 valence electrons. The molecule has 2 heterocycles. The topological polar surface area (TPSA) is 78.5 Å². The number of nitrogens with zero attached hydrogens (tertiary/aromatic N) is 2. The summed E-state index contributed by atoms with van der Waals surface area (Å²) in [4.78, 5) is 14.4. The van der Waals surface area contributed by atoms with Crippen LogP contribution in [0.2, 0.25) is 0 Å². The Morgan fingerprint density at radius 1 is 1.52 bits per heavy atom. The quantitative estimate of drug-likeness (QED) is 0.839. The van der Waals surface area contributed by atoms with Gasteiger partial charge in [-0.15, -0.1) is 0 Å². The standard InChI is InChI=1S/C15H23N3O3/c19-10-12-6-13-14(7-12)21-5-4-18(13)15(20)3-1-2-11-8-16-17-9-11/h8-9,12-14,19H,1-7,10H2,(H,16,17)/t12-,13+,14?/m1/s1. The number of amides is 1. The Morgan fingerprint density at radius 2 is 2.43 bits per heavy atom. The van der Waals surface area contributed by atoms with Gasteiger partial charge in [0.25, 0.3) is 0 Å². The van der Waals surface area contributed by atoms with Crippen molar-refractivity contribution >= 4 is 5.91 Å². The van der Waals surface area contributed by atoms with Crippen LogP contribution in [0.5, 0.6) is 0 Å². The van der Waals surface area contributed by atoms with E-state index in [-0.39, 0.29) is 30.6 Å². The Balaban J connectivity index is 1.51. The van der Waals surface area contributed by atoms with Gasteiger partial charge < -0.3 is 14.7 Å². The number of hydrogen-bond donors (Lipinski definition) is 2. The summed E-state index contributed by atoms with van der Waals surface area (Å²) in [5.41, 5.74) is 1.14. The molecule has 3 atom stereocenters. The second-order valence-electron chi connectivity index (χ2n) is 6.04. The number of rotatable bonds is 5. The third-order valence-electron chi connectivity index (χ3n) is 4.62. The van der Waals surface area contributed by atoms with Crippen molar-refractivity contribution in [1.29, 1.82) is 0 Å². The fourth-order valence-electron chi connectivity index (χ4n) is 3.51. The molecular weight excluding hydrogens is 270 g/mol. The Morgan fingerprint density at radius 3 is 3.19 bits per heavy atom. The third kappa shape index (κ3) is 3.27. The van der Waals surface area contributed by atoms with Gasteiger partial charge in [-0.3, -0.25) is 9.89 Å². The van der Waals surface area contributed by atoms with E-state index in [2.05, 4.69) is 10.2 Å². The van der Waals surface area contributed by atoms with Crippen molar-refractivity contribution in [1.82, 2.24) is 15.1 Å². The first-order chi connectivity index (χ1) is 10.3. The lowest BCUT2D eigenvalue weighted by atomic mass is 10.1. The minimum atomic E-state index is 0.119. The van der Waals surface area contributed by atoms with Crippen LogP contribution < -0.4 is 0 Å². The van der Waals surface area contributed by atoms with Gasteiger partial charge in [-0.05, 0) is 37.2 Å². The zero-order chi connectivity index (χ0) is 14.7. The molecule has 0 spiro atoms. The molecule has 6 heteroatoms. The van der Waals surface area contributed by atoms with Crippen molar-refractivity contribution in [2.45, 2.75) is 44.2 Å². The van der Waals surface area contributed by atoms with Crippen molar-refractivity contribution in [3.63, 3.8) is 0 Å². The predicted molar refractivity (Wildman–Crippen MR) is 76.6 cm³/mol. The maximum absolute atomic E-state index is 12.4. The van der Waals surface area contributed by atoms with Crippen LogP contribution in [0, 0.1) is 5.92 Å². The average Bonchev–Trinajstić information content (AvgIpc) is 3.15. The zero-order valence-electron chi connectivity index (χ0n) is 12.2. The lowest BCUT2D eigenvalue weighted by Gasteiger charge is -2.37. The molecule has 6 nitrogen and oxygen atoms in total. The highest BCUT2D eigenvalue weighted by atomic mass is 16.5. The van der Waals surface area contributed by atoms with Crippen LogP contribution in [0.25, 0.3) is 0 Å². The van der Waals surface area contributed by atoms with E-state index in [9.17, 15) is 9.90 Å². The molecular formula is C15H23N3O3.